The molecular weight excluding hydrogens is 465 g/mol. The van der Waals surface area contributed by atoms with E-state index < -0.39 is 23.4 Å². The van der Waals surface area contributed by atoms with Gasteiger partial charge in [-0.15, -0.1) is 0 Å². The number of nitrogens with one attached hydrogen (secondary N) is 2. The molecule has 11 heteroatoms. The van der Waals surface area contributed by atoms with Crippen molar-refractivity contribution in [2.45, 2.75) is 39.0 Å². The van der Waals surface area contributed by atoms with E-state index in [0.29, 0.717) is 18.7 Å². The molecule has 34 heavy (non-hydrogen) atoms. The van der Waals surface area contributed by atoms with E-state index in [9.17, 15) is 19.1 Å². The average molecular weight is 488 g/mol. The maximum absolute atomic E-state index is 14.7. The second-order valence-electron chi connectivity index (χ2n) is 8.04. The van der Waals surface area contributed by atoms with Crippen molar-refractivity contribution >= 4 is 29.0 Å². The molecule has 0 radical (unpaired) electrons. The number of aromatic nitrogens is 3. The van der Waals surface area contributed by atoms with Gasteiger partial charge in [0.2, 0.25) is 5.88 Å². The highest BCUT2D eigenvalue weighted by Crippen LogP contribution is 2.35. The van der Waals surface area contributed by atoms with Crippen LogP contribution in [-0.2, 0) is 6.54 Å². The zero-order valence-electron chi connectivity index (χ0n) is 18.5. The van der Waals surface area contributed by atoms with Crippen LogP contribution in [0.5, 0.6) is 5.88 Å². The molecule has 1 aromatic carbocycles. The Balaban J connectivity index is 1.82. The van der Waals surface area contributed by atoms with Gasteiger partial charge in [0.15, 0.2) is 0 Å². The maximum Gasteiger partial charge on any atom is 0.261 e. The maximum atomic E-state index is 14.7. The number of carbonyl (C=O) groups is 1. The topological polar surface area (TPSA) is 118 Å². The van der Waals surface area contributed by atoms with Crippen molar-refractivity contribution < 1.29 is 19.0 Å². The normalized spacial score (nSPS) is 15.7. The van der Waals surface area contributed by atoms with Crippen LogP contribution in [0.4, 0.5) is 15.9 Å². The van der Waals surface area contributed by atoms with Crippen LogP contribution in [0.25, 0.3) is 11.1 Å². The molecule has 3 heterocycles. The van der Waals surface area contributed by atoms with Gasteiger partial charge >= 0.3 is 0 Å². The van der Waals surface area contributed by atoms with Crippen LogP contribution >= 0.6 is 11.6 Å². The predicted molar refractivity (Wildman–Crippen MR) is 125 cm³/mol. The van der Waals surface area contributed by atoms with Crippen molar-refractivity contribution in [1.82, 2.24) is 19.9 Å². The van der Waals surface area contributed by atoms with E-state index in [2.05, 4.69) is 20.6 Å². The van der Waals surface area contributed by atoms with Crippen LogP contribution in [0.3, 0.4) is 0 Å². The minimum Gasteiger partial charge on any atom is -0.474 e. The molecular formula is C23H23ClFN5O4. The first-order valence-electron chi connectivity index (χ1n) is 10.7. The van der Waals surface area contributed by atoms with Crippen LogP contribution in [-0.4, -0.2) is 44.3 Å². The summed E-state index contributed by atoms with van der Waals surface area (Å²) >= 11 is 6.06. The lowest BCUT2D eigenvalue weighted by molar-refractivity contribution is 0.0924. The van der Waals surface area contributed by atoms with Crippen LogP contribution in [0.15, 0.2) is 41.6 Å². The summed E-state index contributed by atoms with van der Waals surface area (Å²) in [7, 11) is 0. The Hall–Kier alpha value is -3.50. The second-order valence-corrected chi connectivity index (χ2v) is 8.48. The molecule has 2 unspecified atom stereocenters. The fourth-order valence-electron chi connectivity index (χ4n) is 3.59. The number of halogens is 2. The number of anilines is 2. The average Bonchev–Trinajstić information content (AvgIpc) is 2.81. The lowest BCUT2D eigenvalue weighted by atomic mass is 10.1. The van der Waals surface area contributed by atoms with Gasteiger partial charge in [0, 0.05) is 36.3 Å². The minimum atomic E-state index is -0.733. The molecule has 0 bridgehead atoms. The van der Waals surface area contributed by atoms with E-state index in [4.69, 9.17) is 16.3 Å². The van der Waals surface area contributed by atoms with Gasteiger partial charge in [-0.05, 0) is 38.1 Å². The highest BCUT2D eigenvalue weighted by atomic mass is 35.5. The lowest BCUT2D eigenvalue weighted by Crippen LogP contribution is -2.33. The fourth-order valence-corrected chi connectivity index (χ4v) is 3.76. The third-order valence-electron chi connectivity index (χ3n) is 5.30. The number of amides is 1. The first kappa shape index (κ1) is 23.7. The lowest BCUT2D eigenvalue weighted by Gasteiger charge is -2.28. The van der Waals surface area contributed by atoms with Gasteiger partial charge in [0.05, 0.1) is 17.8 Å². The predicted octanol–water partition coefficient (Wildman–Crippen LogP) is 3.12. The zero-order valence-corrected chi connectivity index (χ0v) is 19.3. The standard InChI is InChI=1S/C23H23ClFN5O4/c1-12(31)9-27-21(32)17-10-26-11-28-20(17)29-19-8-16(15-7-14(24)3-4-18(15)25)22(33)30-6-5-13(2)34-23(19)30/h3-4,7-8,10-13,31H,5-6,9H2,1-2H3,(H,27,32)(H,26,28,29). The summed E-state index contributed by atoms with van der Waals surface area (Å²) in [5, 5.41) is 15.4. The van der Waals surface area contributed by atoms with Gasteiger partial charge in [-0.2, -0.15) is 0 Å². The number of aliphatic hydroxyl groups excluding tert-OH is 1. The fraction of sp³-hybridized carbons (Fsp3) is 0.304. The Bertz CT molecular complexity index is 1300. The summed E-state index contributed by atoms with van der Waals surface area (Å²) in [6.45, 7) is 3.83. The summed E-state index contributed by atoms with van der Waals surface area (Å²) in [5.41, 5.74) is 0.146. The number of pyridine rings is 1. The van der Waals surface area contributed by atoms with Gasteiger partial charge < -0.3 is 20.5 Å². The van der Waals surface area contributed by atoms with Gasteiger partial charge in [-0.25, -0.2) is 14.4 Å². The van der Waals surface area contributed by atoms with Crippen LogP contribution in [0, 0.1) is 5.82 Å². The second kappa shape index (κ2) is 9.78. The monoisotopic (exact) mass is 487 g/mol. The van der Waals surface area contributed by atoms with E-state index in [1.807, 2.05) is 6.92 Å². The van der Waals surface area contributed by atoms with Crippen LogP contribution in [0.2, 0.25) is 5.02 Å². The molecule has 4 rings (SSSR count). The zero-order chi connectivity index (χ0) is 24.4. The Morgan fingerprint density at radius 3 is 2.94 bits per heavy atom. The molecule has 0 saturated carbocycles. The third-order valence-corrected chi connectivity index (χ3v) is 5.53. The largest absolute Gasteiger partial charge is 0.474 e. The van der Waals surface area contributed by atoms with Crippen molar-refractivity contribution in [2.75, 3.05) is 11.9 Å². The SMILES string of the molecule is CC(O)CNC(=O)c1cncnc1Nc1cc(-c2cc(Cl)ccc2F)c(=O)n2c1OC(C)CC2. The highest BCUT2D eigenvalue weighted by Gasteiger charge is 2.26. The number of rotatable bonds is 6. The molecule has 0 aliphatic carbocycles. The quantitative estimate of drug-likeness (QED) is 0.489. The molecule has 0 spiro atoms. The smallest absolute Gasteiger partial charge is 0.261 e. The van der Waals surface area contributed by atoms with Gasteiger partial charge in [-0.1, -0.05) is 11.6 Å². The van der Waals surface area contributed by atoms with E-state index in [1.165, 1.54) is 41.4 Å². The molecule has 3 N–H and O–H groups in total. The van der Waals surface area contributed by atoms with E-state index >= 15 is 0 Å². The van der Waals surface area contributed by atoms with Crippen molar-refractivity contribution in [3.05, 3.63) is 63.5 Å². The molecule has 0 fully saturated rings. The van der Waals surface area contributed by atoms with Gasteiger partial charge in [0.25, 0.3) is 11.5 Å². The Morgan fingerprint density at radius 2 is 2.18 bits per heavy atom. The Morgan fingerprint density at radius 1 is 1.38 bits per heavy atom. The Kier molecular flexibility index (Phi) is 6.80. The minimum absolute atomic E-state index is 0.0438. The van der Waals surface area contributed by atoms with Gasteiger partial charge in [0.1, 0.15) is 29.2 Å². The Labute approximate surface area is 199 Å². The first-order valence-corrected chi connectivity index (χ1v) is 11.1. The summed E-state index contributed by atoms with van der Waals surface area (Å²) in [5.74, 6) is -0.692. The van der Waals surface area contributed by atoms with Crippen LogP contribution in [0.1, 0.15) is 30.6 Å². The van der Waals surface area contributed by atoms with Crippen molar-refractivity contribution in [3.63, 3.8) is 0 Å². The van der Waals surface area contributed by atoms with Crippen LogP contribution < -0.4 is 20.9 Å². The molecule has 178 valence electrons. The van der Waals surface area contributed by atoms with Crippen molar-refractivity contribution in [2.24, 2.45) is 0 Å². The van der Waals surface area contributed by atoms with E-state index in [-0.39, 0.29) is 46.1 Å². The summed E-state index contributed by atoms with van der Waals surface area (Å²) in [4.78, 5) is 34.0. The number of benzene rings is 1. The third kappa shape index (κ3) is 4.87. The molecule has 1 amide bonds. The summed E-state index contributed by atoms with van der Waals surface area (Å²) in [6.07, 6.45) is 2.29. The number of carbonyl (C=O) groups excluding carboxylic acids is 1. The summed E-state index contributed by atoms with van der Waals surface area (Å²) < 4.78 is 22.0. The number of fused-ring (bicyclic) bond motifs is 1. The van der Waals surface area contributed by atoms with E-state index in [0.717, 1.165) is 0 Å². The molecule has 1 aliphatic heterocycles. The molecule has 2 atom stereocenters. The first-order chi connectivity index (χ1) is 16.2. The number of hydrogen-bond donors (Lipinski definition) is 3. The number of aliphatic hydroxyl groups is 1. The molecule has 2 aromatic heterocycles. The van der Waals surface area contributed by atoms with Crippen molar-refractivity contribution in [1.29, 1.82) is 0 Å². The number of hydrogen-bond acceptors (Lipinski definition) is 7. The number of nitrogens with zero attached hydrogens (tertiary/aromatic N) is 3. The molecule has 9 nitrogen and oxygen atoms in total. The van der Waals surface area contributed by atoms with Crippen molar-refractivity contribution in [3.8, 4) is 17.0 Å². The number of ether oxygens (including phenoxy) is 1. The highest BCUT2D eigenvalue weighted by molar-refractivity contribution is 6.30. The summed E-state index contributed by atoms with van der Waals surface area (Å²) in [6, 6.07) is 5.44. The molecule has 1 aliphatic rings. The molecule has 3 aromatic rings. The molecule has 0 saturated heterocycles. The van der Waals surface area contributed by atoms with E-state index in [1.54, 1.807) is 6.92 Å². The van der Waals surface area contributed by atoms with Gasteiger partial charge in [-0.3, -0.25) is 14.2 Å².